The molecule has 0 aliphatic carbocycles. The van der Waals surface area contributed by atoms with Gasteiger partial charge in [0, 0.05) is 25.9 Å². The van der Waals surface area contributed by atoms with Crippen LogP contribution in [0.25, 0.3) is 6.08 Å². The molecule has 17 heavy (non-hydrogen) atoms. The van der Waals surface area contributed by atoms with Gasteiger partial charge in [-0.05, 0) is 11.6 Å². The zero-order valence-electron chi connectivity index (χ0n) is 10.2. The zero-order valence-corrected chi connectivity index (χ0v) is 10.2. The van der Waals surface area contributed by atoms with Crippen LogP contribution < -0.4 is 0 Å². The van der Waals surface area contributed by atoms with Crippen molar-refractivity contribution in [2.24, 2.45) is 0 Å². The fourth-order valence-corrected chi connectivity index (χ4v) is 1.45. The van der Waals surface area contributed by atoms with E-state index >= 15 is 0 Å². The molecule has 0 amide bonds. The summed E-state index contributed by atoms with van der Waals surface area (Å²) < 4.78 is 14.9. The van der Waals surface area contributed by atoms with E-state index in [0.29, 0.717) is 0 Å². The third kappa shape index (κ3) is 3.69. The first-order valence-corrected chi connectivity index (χ1v) is 5.13. The van der Waals surface area contributed by atoms with E-state index in [0.717, 1.165) is 11.1 Å². The number of carbonyl (C=O) groups is 1. The van der Waals surface area contributed by atoms with Crippen LogP contribution in [0.5, 0.6) is 0 Å². The van der Waals surface area contributed by atoms with Gasteiger partial charge >= 0.3 is 5.97 Å². The molecule has 92 valence electrons. The molecular formula is C13H16O4. The molecule has 0 aliphatic rings. The van der Waals surface area contributed by atoms with Crippen molar-refractivity contribution in [2.45, 2.75) is 6.29 Å². The van der Waals surface area contributed by atoms with E-state index in [1.807, 2.05) is 24.3 Å². The van der Waals surface area contributed by atoms with Gasteiger partial charge in [-0.2, -0.15) is 0 Å². The quantitative estimate of drug-likeness (QED) is 0.446. The minimum Gasteiger partial charge on any atom is -0.466 e. The highest BCUT2D eigenvalue weighted by Crippen LogP contribution is 2.22. The first-order valence-electron chi connectivity index (χ1n) is 5.13. The Bertz CT molecular complexity index is 394. The maximum Gasteiger partial charge on any atom is 0.330 e. The molecule has 0 spiro atoms. The van der Waals surface area contributed by atoms with E-state index in [1.165, 1.54) is 13.2 Å². The lowest BCUT2D eigenvalue weighted by Crippen LogP contribution is -2.05. The smallest absolute Gasteiger partial charge is 0.330 e. The Balaban J connectivity index is 2.99. The molecule has 0 fully saturated rings. The molecule has 0 saturated carbocycles. The number of hydrogen-bond acceptors (Lipinski definition) is 4. The highest BCUT2D eigenvalue weighted by atomic mass is 16.7. The molecule has 1 aromatic rings. The number of esters is 1. The second kappa shape index (κ2) is 6.83. The number of hydrogen-bond donors (Lipinski definition) is 0. The summed E-state index contributed by atoms with van der Waals surface area (Å²) in [6.45, 7) is 0. The highest BCUT2D eigenvalue weighted by molar-refractivity contribution is 5.87. The monoisotopic (exact) mass is 236 g/mol. The van der Waals surface area contributed by atoms with Gasteiger partial charge in [0.05, 0.1) is 7.11 Å². The van der Waals surface area contributed by atoms with Crippen molar-refractivity contribution in [2.75, 3.05) is 21.3 Å². The van der Waals surface area contributed by atoms with Gasteiger partial charge in [-0.3, -0.25) is 0 Å². The van der Waals surface area contributed by atoms with E-state index in [9.17, 15) is 4.79 Å². The van der Waals surface area contributed by atoms with Crippen LogP contribution in [0.2, 0.25) is 0 Å². The summed E-state index contributed by atoms with van der Waals surface area (Å²) in [6.07, 6.45) is 2.58. The number of rotatable bonds is 5. The van der Waals surface area contributed by atoms with Crippen LogP contribution in [-0.2, 0) is 19.0 Å². The molecule has 0 unspecified atom stereocenters. The van der Waals surface area contributed by atoms with Crippen LogP contribution in [0.4, 0.5) is 0 Å². The van der Waals surface area contributed by atoms with Crippen LogP contribution in [0.1, 0.15) is 17.4 Å². The standard InChI is InChI=1S/C13H16O4/c1-15-12(14)9-8-10-6-4-5-7-11(10)13(16-2)17-3/h4-9,13H,1-3H3. The number of ether oxygens (including phenoxy) is 3. The lowest BCUT2D eigenvalue weighted by molar-refractivity contribution is -0.134. The molecule has 0 aliphatic heterocycles. The van der Waals surface area contributed by atoms with Crippen LogP contribution in [-0.4, -0.2) is 27.3 Å². The maximum absolute atomic E-state index is 11.0. The highest BCUT2D eigenvalue weighted by Gasteiger charge is 2.11. The van der Waals surface area contributed by atoms with E-state index in [4.69, 9.17) is 9.47 Å². The Labute approximate surface area is 101 Å². The molecule has 0 radical (unpaired) electrons. The summed E-state index contributed by atoms with van der Waals surface area (Å²) in [5, 5.41) is 0. The first kappa shape index (κ1) is 13.4. The SMILES string of the molecule is COC(=O)C=Cc1ccccc1C(OC)OC. The maximum atomic E-state index is 11.0. The minimum atomic E-state index is -0.450. The fourth-order valence-electron chi connectivity index (χ4n) is 1.45. The summed E-state index contributed by atoms with van der Waals surface area (Å²) in [5.41, 5.74) is 1.71. The Morgan fingerprint density at radius 1 is 1.18 bits per heavy atom. The van der Waals surface area contributed by atoms with Gasteiger partial charge < -0.3 is 14.2 Å². The zero-order chi connectivity index (χ0) is 12.7. The molecule has 0 bridgehead atoms. The Morgan fingerprint density at radius 3 is 2.41 bits per heavy atom. The predicted molar refractivity (Wildman–Crippen MR) is 64.3 cm³/mol. The van der Waals surface area contributed by atoms with Gasteiger partial charge in [0.1, 0.15) is 0 Å². The molecule has 0 aromatic heterocycles. The molecule has 0 saturated heterocycles. The van der Waals surface area contributed by atoms with Gasteiger partial charge in [-0.15, -0.1) is 0 Å². The third-order valence-corrected chi connectivity index (χ3v) is 2.28. The summed E-state index contributed by atoms with van der Waals surface area (Å²) in [5.74, 6) is -0.397. The van der Waals surface area contributed by atoms with Crippen LogP contribution in [0.3, 0.4) is 0 Å². The number of methoxy groups -OCH3 is 3. The van der Waals surface area contributed by atoms with E-state index in [2.05, 4.69) is 4.74 Å². The average molecular weight is 236 g/mol. The van der Waals surface area contributed by atoms with E-state index < -0.39 is 12.3 Å². The average Bonchev–Trinajstić information content (AvgIpc) is 2.38. The molecule has 4 nitrogen and oxygen atoms in total. The summed E-state index contributed by atoms with van der Waals surface area (Å²) in [4.78, 5) is 11.0. The lowest BCUT2D eigenvalue weighted by Gasteiger charge is -2.15. The van der Waals surface area contributed by atoms with Crippen molar-refractivity contribution in [1.82, 2.24) is 0 Å². The molecule has 1 rings (SSSR count). The largest absolute Gasteiger partial charge is 0.466 e. The summed E-state index contributed by atoms with van der Waals surface area (Å²) in [6, 6.07) is 7.52. The summed E-state index contributed by atoms with van der Waals surface area (Å²) in [7, 11) is 4.47. The van der Waals surface area contributed by atoms with E-state index in [1.54, 1.807) is 20.3 Å². The van der Waals surface area contributed by atoms with Crippen molar-refractivity contribution in [3.63, 3.8) is 0 Å². The Morgan fingerprint density at radius 2 is 1.82 bits per heavy atom. The first-order chi connectivity index (χ1) is 8.22. The van der Waals surface area contributed by atoms with Gasteiger partial charge in [-0.25, -0.2) is 4.79 Å². The lowest BCUT2D eigenvalue weighted by atomic mass is 10.1. The van der Waals surface area contributed by atoms with Gasteiger partial charge in [0.2, 0.25) is 0 Å². The third-order valence-electron chi connectivity index (χ3n) is 2.28. The number of benzene rings is 1. The van der Waals surface area contributed by atoms with Crippen LogP contribution in [0.15, 0.2) is 30.3 Å². The topological polar surface area (TPSA) is 44.8 Å². The van der Waals surface area contributed by atoms with Crippen LogP contribution >= 0.6 is 0 Å². The number of carbonyl (C=O) groups excluding carboxylic acids is 1. The second-order valence-corrected chi connectivity index (χ2v) is 3.29. The molecule has 0 atom stereocenters. The minimum absolute atomic E-state index is 0.397. The van der Waals surface area contributed by atoms with Gasteiger partial charge in [-0.1, -0.05) is 24.3 Å². The van der Waals surface area contributed by atoms with Crippen molar-refractivity contribution in [3.05, 3.63) is 41.5 Å². The van der Waals surface area contributed by atoms with Gasteiger partial charge in [0.15, 0.2) is 6.29 Å². The molecule has 0 heterocycles. The molecular weight excluding hydrogens is 220 g/mol. The van der Waals surface area contributed by atoms with Crippen molar-refractivity contribution in [1.29, 1.82) is 0 Å². The summed E-state index contributed by atoms with van der Waals surface area (Å²) >= 11 is 0. The van der Waals surface area contributed by atoms with Crippen LogP contribution in [0, 0.1) is 0 Å². The van der Waals surface area contributed by atoms with Crippen molar-refractivity contribution in [3.8, 4) is 0 Å². The van der Waals surface area contributed by atoms with Crippen molar-refractivity contribution < 1.29 is 19.0 Å². The normalized spacial score (nSPS) is 11.1. The predicted octanol–water partition coefficient (Wildman–Crippen LogP) is 2.16. The molecule has 4 heteroatoms. The van der Waals surface area contributed by atoms with Crippen molar-refractivity contribution >= 4 is 12.0 Å². The Kier molecular flexibility index (Phi) is 5.39. The van der Waals surface area contributed by atoms with E-state index in [-0.39, 0.29) is 0 Å². The second-order valence-electron chi connectivity index (χ2n) is 3.29. The molecule has 0 N–H and O–H groups in total. The Hall–Kier alpha value is -1.65. The van der Waals surface area contributed by atoms with Gasteiger partial charge in [0.25, 0.3) is 0 Å². The molecule has 1 aromatic carbocycles. The fraction of sp³-hybridized carbons (Fsp3) is 0.308.